The molecule has 1 atom stereocenters. The summed E-state index contributed by atoms with van der Waals surface area (Å²) in [4.78, 5) is 0.415. The Hall–Kier alpha value is -0.600. The van der Waals surface area contributed by atoms with Crippen molar-refractivity contribution in [2.24, 2.45) is 0 Å². The highest BCUT2D eigenvalue weighted by molar-refractivity contribution is 9.09. The van der Waals surface area contributed by atoms with Gasteiger partial charge in [-0.15, -0.1) is 6.58 Å². The van der Waals surface area contributed by atoms with Crippen LogP contribution in [0.4, 0.5) is 0 Å². The predicted octanol–water partition coefficient (Wildman–Crippen LogP) is 3.93. The molecule has 0 fully saturated rings. The highest BCUT2D eigenvalue weighted by Crippen LogP contribution is 2.09. The van der Waals surface area contributed by atoms with Crippen molar-refractivity contribution >= 4 is 15.9 Å². The summed E-state index contributed by atoms with van der Waals surface area (Å²) < 4.78 is 5.56. The summed E-state index contributed by atoms with van der Waals surface area (Å²) in [5.41, 5.74) is 1.23. The van der Waals surface area contributed by atoms with Crippen LogP contribution in [0.1, 0.15) is 18.4 Å². The Bertz CT molecular complexity index is 271. The fraction of sp³-hybridized carbons (Fsp3) is 0.385. The van der Waals surface area contributed by atoms with Crippen LogP contribution in [0.15, 0.2) is 43.0 Å². The van der Waals surface area contributed by atoms with Gasteiger partial charge in [0.2, 0.25) is 0 Å². The van der Waals surface area contributed by atoms with Crippen LogP contribution < -0.4 is 0 Å². The van der Waals surface area contributed by atoms with Gasteiger partial charge in [0.05, 0.1) is 6.61 Å². The van der Waals surface area contributed by atoms with Gasteiger partial charge in [-0.3, -0.25) is 0 Å². The lowest BCUT2D eigenvalue weighted by Gasteiger charge is -2.05. The average Bonchev–Trinajstić information content (AvgIpc) is 2.29. The fourth-order valence-corrected chi connectivity index (χ4v) is 1.59. The second kappa shape index (κ2) is 7.66. The Morgan fingerprint density at radius 2 is 2.07 bits per heavy atom. The maximum Gasteiger partial charge on any atom is 0.0716 e. The molecule has 0 aliphatic carbocycles. The van der Waals surface area contributed by atoms with Gasteiger partial charge in [0.1, 0.15) is 0 Å². The van der Waals surface area contributed by atoms with E-state index < -0.39 is 0 Å². The molecule has 0 aliphatic heterocycles. The number of ether oxygens (including phenoxy) is 1. The topological polar surface area (TPSA) is 9.23 Å². The highest BCUT2D eigenvalue weighted by Gasteiger charge is 1.97. The highest BCUT2D eigenvalue weighted by atomic mass is 79.9. The average molecular weight is 269 g/mol. The summed E-state index contributed by atoms with van der Waals surface area (Å²) in [6.45, 7) is 5.24. The molecule has 0 heterocycles. The monoisotopic (exact) mass is 268 g/mol. The summed E-state index contributed by atoms with van der Waals surface area (Å²) >= 11 is 3.50. The first kappa shape index (κ1) is 12.5. The lowest BCUT2D eigenvalue weighted by molar-refractivity contribution is 0.117. The van der Waals surface area contributed by atoms with E-state index in [2.05, 4.69) is 34.6 Å². The first-order valence-electron chi connectivity index (χ1n) is 5.21. The van der Waals surface area contributed by atoms with Crippen LogP contribution in [0.5, 0.6) is 0 Å². The first-order valence-corrected chi connectivity index (χ1v) is 6.13. The summed E-state index contributed by atoms with van der Waals surface area (Å²) in [6.07, 6.45) is 4.06. The van der Waals surface area contributed by atoms with Gasteiger partial charge in [-0.2, -0.15) is 0 Å². The van der Waals surface area contributed by atoms with Gasteiger partial charge in [0.25, 0.3) is 0 Å². The first-order chi connectivity index (χ1) is 7.33. The van der Waals surface area contributed by atoms with Gasteiger partial charge in [-0.05, 0) is 18.4 Å². The molecule has 0 N–H and O–H groups in total. The smallest absolute Gasteiger partial charge is 0.0716 e. The molecule has 82 valence electrons. The molecule has 1 nitrogen and oxygen atoms in total. The molecule has 0 amide bonds. The Morgan fingerprint density at radius 1 is 1.33 bits per heavy atom. The van der Waals surface area contributed by atoms with Crippen LogP contribution in [0.2, 0.25) is 0 Å². The van der Waals surface area contributed by atoms with E-state index in [-0.39, 0.29) is 0 Å². The second-order valence-corrected chi connectivity index (χ2v) is 4.61. The molecule has 0 saturated carbocycles. The summed E-state index contributed by atoms with van der Waals surface area (Å²) in [7, 11) is 0. The number of hydrogen-bond donors (Lipinski definition) is 0. The zero-order chi connectivity index (χ0) is 10.9. The Kier molecular flexibility index (Phi) is 6.37. The normalized spacial score (nSPS) is 12.3. The molecule has 1 unspecified atom stereocenters. The standard InChI is InChI=1S/C13H17BrO/c1-2-13(14)9-6-10-15-11-12-7-4-3-5-8-12/h2-5,7-8,13H,1,6,9-11H2. The molecule has 1 aromatic rings. The van der Waals surface area contributed by atoms with Crippen LogP contribution in [-0.4, -0.2) is 11.4 Å². The van der Waals surface area contributed by atoms with Gasteiger partial charge in [-0.25, -0.2) is 0 Å². The molecular weight excluding hydrogens is 252 g/mol. The van der Waals surface area contributed by atoms with Crippen molar-refractivity contribution in [1.82, 2.24) is 0 Å². The zero-order valence-electron chi connectivity index (χ0n) is 8.86. The van der Waals surface area contributed by atoms with Crippen molar-refractivity contribution in [3.8, 4) is 0 Å². The molecule has 15 heavy (non-hydrogen) atoms. The van der Waals surface area contributed by atoms with Crippen molar-refractivity contribution in [2.75, 3.05) is 6.61 Å². The van der Waals surface area contributed by atoms with Crippen LogP contribution >= 0.6 is 15.9 Å². The van der Waals surface area contributed by atoms with Gasteiger partial charge < -0.3 is 4.74 Å². The van der Waals surface area contributed by atoms with Crippen molar-refractivity contribution in [3.63, 3.8) is 0 Å². The van der Waals surface area contributed by atoms with Gasteiger partial charge in [0, 0.05) is 11.4 Å². The molecule has 2 heteroatoms. The maximum atomic E-state index is 5.56. The van der Waals surface area contributed by atoms with Crippen molar-refractivity contribution in [2.45, 2.75) is 24.3 Å². The third-order valence-electron chi connectivity index (χ3n) is 2.14. The molecule has 0 radical (unpaired) electrons. The number of rotatable bonds is 7. The number of hydrogen-bond acceptors (Lipinski definition) is 1. The molecule has 0 aliphatic rings. The van der Waals surface area contributed by atoms with Crippen molar-refractivity contribution < 1.29 is 4.74 Å². The fourth-order valence-electron chi connectivity index (χ4n) is 1.26. The Labute approximate surface area is 100 Å². The van der Waals surface area contributed by atoms with Gasteiger partial charge >= 0.3 is 0 Å². The molecule has 1 aromatic carbocycles. The second-order valence-electron chi connectivity index (χ2n) is 3.43. The van der Waals surface area contributed by atoms with E-state index in [1.165, 1.54) is 5.56 Å². The predicted molar refractivity (Wildman–Crippen MR) is 68.2 cm³/mol. The molecule has 0 bridgehead atoms. The number of halogens is 1. The summed E-state index contributed by atoms with van der Waals surface area (Å²) in [5, 5.41) is 0. The Morgan fingerprint density at radius 3 is 2.73 bits per heavy atom. The van der Waals surface area contributed by atoms with Crippen LogP contribution in [0.25, 0.3) is 0 Å². The van der Waals surface area contributed by atoms with E-state index in [1.54, 1.807) is 0 Å². The Balaban J connectivity index is 2.05. The van der Waals surface area contributed by atoms with Gasteiger partial charge in [0.15, 0.2) is 0 Å². The third kappa shape index (κ3) is 5.75. The largest absolute Gasteiger partial charge is 0.377 e. The minimum Gasteiger partial charge on any atom is -0.377 e. The van der Waals surface area contributed by atoms with E-state index in [1.807, 2.05) is 24.3 Å². The number of allylic oxidation sites excluding steroid dienone is 1. The maximum absolute atomic E-state index is 5.56. The van der Waals surface area contributed by atoms with E-state index >= 15 is 0 Å². The van der Waals surface area contributed by atoms with E-state index in [9.17, 15) is 0 Å². The van der Waals surface area contributed by atoms with Crippen LogP contribution in [0.3, 0.4) is 0 Å². The molecule has 0 aromatic heterocycles. The molecular formula is C13H17BrO. The van der Waals surface area contributed by atoms with E-state index in [4.69, 9.17) is 4.74 Å². The van der Waals surface area contributed by atoms with Crippen molar-refractivity contribution in [3.05, 3.63) is 48.6 Å². The summed E-state index contributed by atoms with van der Waals surface area (Å²) in [6, 6.07) is 10.2. The van der Waals surface area contributed by atoms with E-state index in [0.717, 1.165) is 19.4 Å². The lowest BCUT2D eigenvalue weighted by Crippen LogP contribution is -1.99. The minimum atomic E-state index is 0.415. The van der Waals surface area contributed by atoms with Crippen LogP contribution in [-0.2, 0) is 11.3 Å². The van der Waals surface area contributed by atoms with Gasteiger partial charge in [-0.1, -0.05) is 52.3 Å². The van der Waals surface area contributed by atoms with E-state index in [0.29, 0.717) is 11.4 Å². The molecule has 0 saturated heterocycles. The zero-order valence-corrected chi connectivity index (χ0v) is 10.4. The number of alkyl halides is 1. The third-order valence-corrected chi connectivity index (χ3v) is 2.97. The van der Waals surface area contributed by atoms with Crippen molar-refractivity contribution in [1.29, 1.82) is 0 Å². The summed E-state index contributed by atoms with van der Waals surface area (Å²) in [5.74, 6) is 0. The van der Waals surface area contributed by atoms with Crippen LogP contribution in [0, 0.1) is 0 Å². The quantitative estimate of drug-likeness (QED) is 0.414. The number of benzene rings is 1. The molecule has 1 rings (SSSR count). The SMILES string of the molecule is C=CC(Br)CCCOCc1ccccc1. The lowest BCUT2D eigenvalue weighted by atomic mass is 10.2. The molecule has 0 spiro atoms. The minimum absolute atomic E-state index is 0.415.